The molecule has 116 valence electrons. The summed E-state index contributed by atoms with van der Waals surface area (Å²) >= 11 is 0. The van der Waals surface area contributed by atoms with Gasteiger partial charge in [0.15, 0.2) is 0 Å². The van der Waals surface area contributed by atoms with Crippen LogP contribution in [0.3, 0.4) is 0 Å². The van der Waals surface area contributed by atoms with Gasteiger partial charge in [0.05, 0.1) is 23.7 Å². The quantitative estimate of drug-likeness (QED) is 0.547. The third-order valence-corrected chi connectivity index (χ3v) is 3.42. The monoisotopic (exact) mass is 316 g/mol. The van der Waals surface area contributed by atoms with Crippen LogP contribution in [0.1, 0.15) is 16.8 Å². The van der Waals surface area contributed by atoms with Gasteiger partial charge in [0.1, 0.15) is 5.82 Å². The lowest BCUT2D eigenvalue weighted by Crippen LogP contribution is -2.28. The molecular formula is C13H17FN2O4S. The molecule has 0 aliphatic rings. The van der Waals surface area contributed by atoms with Gasteiger partial charge < -0.3 is 10.1 Å². The number of carbonyl (C=O) groups is 1. The zero-order chi connectivity index (χ0) is 15.9. The molecule has 0 unspecified atom stereocenters. The summed E-state index contributed by atoms with van der Waals surface area (Å²) in [5.74, 6) is -1.60. The van der Waals surface area contributed by atoms with Crippen LogP contribution in [0, 0.1) is 5.82 Å². The number of primary sulfonamides is 1. The molecule has 0 heterocycles. The van der Waals surface area contributed by atoms with Gasteiger partial charge in [-0.1, -0.05) is 6.08 Å². The Bertz CT molecular complexity index is 617. The van der Waals surface area contributed by atoms with Gasteiger partial charge in [0.25, 0.3) is 5.91 Å². The van der Waals surface area contributed by atoms with Crippen molar-refractivity contribution in [2.24, 2.45) is 5.14 Å². The Morgan fingerprint density at radius 1 is 1.43 bits per heavy atom. The number of carbonyl (C=O) groups excluding carboxylic acids is 1. The molecule has 21 heavy (non-hydrogen) atoms. The second kappa shape index (κ2) is 7.87. The minimum absolute atomic E-state index is 0.215. The van der Waals surface area contributed by atoms with Crippen LogP contribution in [0.4, 0.5) is 4.39 Å². The van der Waals surface area contributed by atoms with Crippen LogP contribution >= 0.6 is 0 Å². The first-order valence-corrected chi connectivity index (χ1v) is 7.70. The zero-order valence-electron chi connectivity index (χ0n) is 11.3. The first kappa shape index (κ1) is 17.3. The predicted molar refractivity (Wildman–Crippen MR) is 75.7 cm³/mol. The molecule has 0 spiro atoms. The Kier molecular flexibility index (Phi) is 6.47. The van der Waals surface area contributed by atoms with E-state index in [0.717, 1.165) is 12.1 Å². The summed E-state index contributed by atoms with van der Waals surface area (Å²) in [5, 5.41) is 7.34. The number of hydrogen-bond donors (Lipinski definition) is 2. The summed E-state index contributed by atoms with van der Waals surface area (Å²) in [4.78, 5) is 11.3. The molecule has 0 fully saturated rings. The number of nitrogens with one attached hydrogen (secondary N) is 1. The molecule has 6 nitrogen and oxygen atoms in total. The van der Waals surface area contributed by atoms with E-state index in [1.807, 2.05) is 0 Å². The van der Waals surface area contributed by atoms with Crippen molar-refractivity contribution in [1.82, 2.24) is 5.32 Å². The molecule has 0 saturated heterocycles. The molecule has 3 N–H and O–H groups in total. The maximum absolute atomic E-state index is 13.7. The van der Waals surface area contributed by atoms with Crippen LogP contribution in [0.2, 0.25) is 0 Å². The normalized spacial score (nSPS) is 11.1. The first-order valence-electron chi connectivity index (χ1n) is 6.15. The topological polar surface area (TPSA) is 98.5 Å². The van der Waals surface area contributed by atoms with Crippen LogP contribution in [0.25, 0.3) is 0 Å². The minimum atomic E-state index is -4.00. The van der Waals surface area contributed by atoms with Gasteiger partial charge in [-0.15, -0.1) is 6.58 Å². The standard InChI is InChI=1S/C13H17FN2O4S/c1-2-3-7-20-8-6-16-13(17)11-5-4-10(9-12(11)14)21(15,18)19/h2,4-5,9H,1,3,6-8H2,(H,16,17)(H2,15,18,19). The number of sulfonamides is 1. The van der Waals surface area contributed by atoms with Gasteiger partial charge in [-0.05, 0) is 24.6 Å². The zero-order valence-corrected chi connectivity index (χ0v) is 12.2. The molecular weight excluding hydrogens is 299 g/mol. The summed E-state index contributed by atoms with van der Waals surface area (Å²) in [6, 6.07) is 2.86. The SMILES string of the molecule is C=CCCOCCNC(=O)c1ccc(S(N)(=O)=O)cc1F. The fourth-order valence-electron chi connectivity index (χ4n) is 1.46. The molecule has 1 rings (SSSR count). The number of ether oxygens (including phenoxy) is 1. The molecule has 1 amide bonds. The average molecular weight is 316 g/mol. The van der Waals surface area contributed by atoms with Gasteiger partial charge in [-0.25, -0.2) is 17.9 Å². The van der Waals surface area contributed by atoms with Crippen molar-refractivity contribution >= 4 is 15.9 Å². The molecule has 8 heteroatoms. The van der Waals surface area contributed by atoms with E-state index in [9.17, 15) is 17.6 Å². The van der Waals surface area contributed by atoms with E-state index in [1.54, 1.807) is 6.08 Å². The molecule has 0 aliphatic heterocycles. The Labute approximate surface area is 122 Å². The van der Waals surface area contributed by atoms with Crippen molar-refractivity contribution in [3.63, 3.8) is 0 Å². The predicted octanol–water partition coefficient (Wildman–Crippen LogP) is 0.796. The molecule has 1 aromatic carbocycles. The fourth-order valence-corrected chi connectivity index (χ4v) is 1.98. The van der Waals surface area contributed by atoms with Crippen LogP contribution < -0.4 is 10.5 Å². The summed E-state index contributed by atoms with van der Waals surface area (Å²) in [7, 11) is -4.00. The van der Waals surface area contributed by atoms with Gasteiger partial charge in [-0.2, -0.15) is 0 Å². The summed E-state index contributed by atoms with van der Waals surface area (Å²) in [6.07, 6.45) is 2.42. The Morgan fingerprint density at radius 3 is 2.71 bits per heavy atom. The molecule has 0 bridgehead atoms. The van der Waals surface area contributed by atoms with E-state index in [0.29, 0.717) is 19.1 Å². The molecule has 1 aromatic rings. The van der Waals surface area contributed by atoms with Crippen LogP contribution in [-0.2, 0) is 14.8 Å². The molecule has 0 saturated carbocycles. The van der Waals surface area contributed by atoms with Gasteiger partial charge >= 0.3 is 0 Å². The minimum Gasteiger partial charge on any atom is -0.379 e. The van der Waals surface area contributed by atoms with Crippen molar-refractivity contribution in [2.45, 2.75) is 11.3 Å². The van der Waals surface area contributed by atoms with Crippen molar-refractivity contribution in [1.29, 1.82) is 0 Å². The van der Waals surface area contributed by atoms with Crippen LogP contribution in [0.5, 0.6) is 0 Å². The van der Waals surface area contributed by atoms with E-state index in [4.69, 9.17) is 9.88 Å². The van der Waals surface area contributed by atoms with Crippen molar-refractivity contribution < 1.29 is 22.3 Å². The highest BCUT2D eigenvalue weighted by atomic mass is 32.2. The Hall–Kier alpha value is -1.77. The summed E-state index contributed by atoms with van der Waals surface area (Å²) in [6.45, 7) is 4.54. The highest BCUT2D eigenvalue weighted by molar-refractivity contribution is 7.89. The Balaban J connectivity index is 2.57. The average Bonchev–Trinajstić information content (AvgIpc) is 2.41. The largest absolute Gasteiger partial charge is 0.379 e. The highest BCUT2D eigenvalue weighted by Gasteiger charge is 2.15. The smallest absolute Gasteiger partial charge is 0.254 e. The lowest BCUT2D eigenvalue weighted by Gasteiger charge is -2.07. The molecule has 0 aromatic heterocycles. The Morgan fingerprint density at radius 2 is 2.14 bits per heavy atom. The van der Waals surface area contributed by atoms with E-state index >= 15 is 0 Å². The van der Waals surface area contributed by atoms with Crippen LogP contribution in [0.15, 0.2) is 35.7 Å². The molecule has 0 radical (unpaired) electrons. The number of hydrogen-bond acceptors (Lipinski definition) is 4. The van der Waals surface area contributed by atoms with Gasteiger partial charge in [0.2, 0.25) is 10.0 Å². The summed E-state index contributed by atoms with van der Waals surface area (Å²) < 4.78 is 41.0. The van der Waals surface area contributed by atoms with E-state index in [-0.39, 0.29) is 23.6 Å². The third-order valence-electron chi connectivity index (χ3n) is 2.51. The number of rotatable bonds is 8. The lowest BCUT2D eigenvalue weighted by molar-refractivity contribution is 0.0914. The van der Waals surface area contributed by atoms with Crippen LogP contribution in [-0.4, -0.2) is 34.1 Å². The van der Waals surface area contributed by atoms with E-state index in [2.05, 4.69) is 11.9 Å². The lowest BCUT2D eigenvalue weighted by atomic mass is 10.2. The van der Waals surface area contributed by atoms with Crippen molar-refractivity contribution in [3.8, 4) is 0 Å². The maximum atomic E-state index is 13.7. The highest BCUT2D eigenvalue weighted by Crippen LogP contribution is 2.13. The van der Waals surface area contributed by atoms with E-state index in [1.165, 1.54) is 0 Å². The van der Waals surface area contributed by atoms with Crippen molar-refractivity contribution in [2.75, 3.05) is 19.8 Å². The first-order chi connectivity index (χ1) is 9.86. The second-order valence-corrected chi connectivity index (χ2v) is 5.69. The third kappa shape index (κ3) is 5.62. The van der Waals surface area contributed by atoms with Gasteiger partial charge in [-0.3, -0.25) is 4.79 Å². The van der Waals surface area contributed by atoms with E-state index < -0.39 is 21.7 Å². The number of benzene rings is 1. The van der Waals surface area contributed by atoms with Crippen molar-refractivity contribution in [3.05, 3.63) is 42.2 Å². The summed E-state index contributed by atoms with van der Waals surface area (Å²) in [5.41, 5.74) is -0.256. The second-order valence-electron chi connectivity index (χ2n) is 4.13. The number of halogens is 1. The number of amides is 1. The maximum Gasteiger partial charge on any atom is 0.254 e. The molecule has 0 atom stereocenters. The van der Waals surface area contributed by atoms with Gasteiger partial charge in [0, 0.05) is 6.54 Å². The molecule has 0 aliphatic carbocycles. The fraction of sp³-hybridized carbons (Fsp3) is 0.308. The number of nitrogens with two attached hydrogens (primary N) is 1.